The van der Waals surface area contributed by atoms with Crippen LogP contribution < -0.4 is 5.73 Å². The average molecular weight is 215 g/mol. The van der Waals surface area contributed by atoms with Gasteiger partial charge in [0.05, 0.1) is 0 Å². The zero-order valence-corrected chi connectivity index (χ0v) is 9.22. The Morgan fingerprint density at radius 2 is 2.21 bits per heavy atom. The molecule has 14 heavy (non-hydrogen) atoms. The number of nitrogens with zero attached hydrogens (tertiary/aromatic N) is 2. The summed E-state index contributed by atoms with van der Waals surface area (Å²) in [5.41, 5.74) is 4.90. The molecule has 0 aliphatic carbocycles. The third kappa shape index (κ3) is 3.69. The standard InChI is InChI=1S/C8H13N3O2S/c1-8(2,3)13-6(12)4-5-10-7(9)14-11-5/h4H2,1-3H3,(H2,9,10,11). The molecule has 0 spiro atoms. The summed E-state index contributed by atoms with van der Waals surface area (Å²) in [5.74, 6) is 0.0806. The second kappa shape index (κ2) is 3.91. The quantitative estimate of drug-likeness (QED) is 0.745. The molecule has 0 fully saturated rings. The predicted octanol–water partition coefficient (Wildman–Crippen LogP) is 1.00. The highest BCUT2D eigenvalue weighted by Crippen LogP contribution is 2.10. The second-order valence-electron chi connectivity index (χ2n) is 3.81. The van der Waals surface area contributed by atoms with Crippen molar-refractivity contribution in [2.24, 2.45) is 0 Å². The van der Waals surface area contributed by atoms with E-state index in [2.05, 4.69) is 9.36 Å². The van der Waals surface area contributed by atoms with Crippen LogP contribution in [0.5, 0.6) is 0 Å². The fourth-order valence-corrected chi connectivity index (χ4v) is 1.30. The van der Waals surface area contributed by atoms with Crippen molar-refractivity contribution in [2.75, 3.05) is 5.73 Å². The fraction of sp³-hybridized carbons (Fsp3) is 0.625. The zero-order valence-electron chi connectivity index (χ0n) is 8.40. The molecule has 0 bridgehead atoms. The number of rotatable bonds is 2. The van der Waals surface area contributed by atoms with E-state index in [1.54, 1.807) is 0 Å². The van der Waals surface area contributed by atoms with Crippen molar-refractivity contribution < 1.29 is 9.53 Å². The molecule has 0 unspecified atom stereocenters. The van der Waals surface area contributed by atoms with E-state index in [9.17, 15) is 4.79 Å². The predicted molar refractivity (Wildman–Crippen MR) is 53.9 cm³/mol. The van der Waals surface area contributed by atoms with Gasteiger partial charge in [-0.3, -0.25) is 4.79 Å². The lowest BCUT2D eigenvalue weighted by atomic mass is 10.2. The Kier molecular flexibility index (Phi) is 3.05. The Morgan fingerprint density at radius 1 is 1.57 bits per heavy atom. The number of hydrogen-bond acceptors (Lipinski definition) is 6. The Labute approximate surface area is 86.5 Å². The minimum Gasteiger partial charge on any atom is -0.460 e. The third-order valence-corrected chi connectivity index (χ3v) is 1.79. The smallest absolute Gasteiger partial charge is 0.314 e. The van der Waals surface area contributed by atoms with Crippen molar-refractivity contribution in [3.05, 3.63) is 5.82 Å². The van der Waals surface area contributed by atoms with Crippen LogP contribution in [0.2, 0.25) is 0 Å². The molecule has 0 aromatic carbocycles. The monoisotopic (exact) mass is 215 g/mol. The van der Waals surface area contributed by atoms with Crippen molar-refractivity contribution in [2.45, 2.75) is 32.8 Å². The molecule has 0 aliphatic heterocycles. The number of carbonyl (C=O) groups is 1. The van der Waals surface area contributed by atoms with Crippen LogP contribution in [-0.4, -0.2) is 20.9 Å². The third-order valence-electron chi connectivity index (χ3n) is 1.21. The van der Waals surface area contributed by atoms with Gasteiger partial charge in [0.2, 0.25) is 0 Å². The largest absolute Gasteiger partial charge is 0.460 e. The normalized spacial score (nSPS) is 11.4. The summed E-state index contributed by atoms with van der Waals surface area (Å²) >= 11 is 1.07. The van der Waals surface area contributed by atoms with Gasteiger partial charge in [0.15, 0.2) is 11.0 Å². The topological polar surface area (TPSA) is 78.1 Å². The molecule has 6 heteroatoms. The van der Waals surface area contributed by atoms with Crippen molar-refractivity contribution in [3.63, 3.8) is 0 Å². The fourth-order valence-electron chi connectivity index (χ4n) is 0.846. The van der Waals surface area contributed by atoms with Gasteiger partial charge in [0.25, 0.3) is 0 Å². The number of nitrogen functional groups attached to an aromatic ring is 1. The van der Waals surface area contributed by atoms with Gasteiger partial charge in [-0.25, -0.2) is 4.98 Å². The minimum atomic E-state index is -0.474. The van der Waals surface area contributed by atoms with E-state index in [4.69, 9.17) is 10.5 Å². The van der Waals surface area contributed by atoms with Crippen LogP contribution in [0.15, 0.2) is 0 Å². The first-order valence-corrected chi connectivity index (χ1v) is 4.94. The van der Waals surface area contributed by atoms with Crippen molar-refractivity contribution in [1.82, 2.24) is 9.36 Å². The number of ether oxygens (including phenoxy) is 1. The maximum atomic E-state index is 11.3. The number of anilines is 1. The van der Waals surface area contributed by atoms with Crippen LogP contribution in [0.25, 0.3) is 0 Å². The van der Waals surface area contributed by atoms with E-state index >= 15 is 0 Å². The highest BCUT2D eigenvalue weighted by atomic mass is 32.1. The number of aromatic nitrogens is 2. The summed E-state index contributed by atoms with van der Waals surface area (Å²) in [6.07, 6.45) is 0.0744. The Bertz CT molecular complexity index is 330. The number of carbonyl (C=O) groups excluding carboxylic acids is 1. The molecule has 0 aliphatic rings. The van der Waals surface area contributed by atoms with Crippen LogP contribution in [0.3, 0.4) is 0 Å². The summed E-state index contributed by atoms with van der Waals surface area (Å²) in [6, 6.07) is 0. The van der Waals surface area contributed by atoms with Crippen LogP contribution in [0.4, 0.5) is 5.13 Å². The van der Waals surface area contributed by atoms with Crippen LogP contribution in [0.1, 0.15) is 26.6 Å². The van der Waals surface area contributed by atoms with Crippen molar-refractivity contribution in [1.29, 1.82) is 0 Å². The first-order valence-electron chi connectivity index (χ1n) is 4.17. The van der Waals surface area contributed by atoms with E-state index in [1.807, 2.05) is 20.8 Å². The van der Waals surface area contributed by atoms with Gasteiger partial charge >= 0.3 is 5.97 Å². The molecule has 1 aromatic rings. The first kappa shape index (κ1) is 10.9. The molecule has 1 aromatic heterocycles. The molecule has 5 nitrogen and oxygen atoms in total. The highest BCUT2D eigenvalue weighted by molar-refractivity contribution is 7.09. The lowest BCUT2D eigenvalue weighted by Crippen LogP contribution is -2.25. The average Bonchev–Trinajstić information content (AvgIpc) is 2.30. The SMILES string of the molecule is CC(C)(C)OC(=O)Cc1nsc(N)n1. The summed E-state index contributed by atoms with van der Waals surface area (Å²) in [7, 11) is 0. The van der Waals surface area contributed by atoms with Crippen molar-refractivity contribution in [3.8, 4) is 0 Å². The molecule has 1 heterocycles. The number of nitrogens with two attached hydrogens (primary N) is 1. The molecule has 0 saturated heterocycles. The Hall–Kier alpha value is -1.17. The van der Waals surface area contributed by atoms with E-state index in [0.29, 0.717) is 11.0 Å². The lowest BCUT2D eigenvalue weighted by molar-refractivity contribution is -0.154. The zero-order chi connectivity index (χ0) is 10.8. The van der Waals surface area contributed by atoms with Gasteiger partial charge in [-0.05, 0) is 20.8 Å². The maximum absolute atomic E-state index is 11.3. The number of hydrogen-bond donors (Lipinski definition) is 1. The van der Waals surface area contributed by atoms with E-state index in [0.717, 1.165) is 11.5 Å². The minimum absolute atomic E-state index is 0.0744. The molecule has 0 amide bonds. The van der Waals surface area contributed by atoms with Crippen LogP contribution in [-0.2, 0) is 16.0 Å². The van der Waals surface area contributed by atoms with Gasteiger partial charge in [-0.15, -0.1) is 0 Å². The number of esters is 1. The lowest BCUT2D eigenvalue weighted by Gasteiger charge is -2.18. The summed E-state index contributed by atoms with van der Waals surface area (Å²) < 4.78 is 8.99. The highest BCUT2D eigenvalue weighted by Gasteiger charge is 2.17. The molecule has 2 N–H and O–H groups in total. The van der Waals surface area contributed by atoms with Gasteiger partial charge in [-0.2, -0.15) is 4.37 Å². The molecular formula is C8H13N3O2S. The summed E-state index contributed by atoms with van der Waals surface area (Å²) in [5, 5.41) is 0.364. The maximum Gasteiger partial charge on any atom is 0.314 e. The molecule has 0 atom stereocenters. The van der Waals surface area contributed by atoms with Gasteiger partial charge in [0, 0.05) is 11.5 Å². The summed E-state index contributed by atoms with van der Waals surface area (Å²) in [4.78, 5) is 15.2. The van der Waals surface area contributed by atoms with Crippen LogP contribution >= 0.6 is 11.5 Å². The molecular weight excluding hydrogens is 202 g/mol. The van der Waals surface area contributed by atoms with E-state index in [-0.39, 0.29) is 12.4 Å². The van der Waals surface area contributed by atoms with Gasteiger partial charge in [0.1, 0.15) is 12.0 Å². The van der Waals surface area contributed by atoms with Crippen molar-refractivity contribution >= 4 is 22.6 Å². The molecule has 0 radical (unpaired) electrons. The molecule has 0 saturated carbocycles. The van der Waals surface area contributed by atoms with Gasteiger partial charge < -0.3 is 10.5 Å². The Morgan fingerprint density at radius 3 is 2.64 bits per heavy atom. The summed E-state index contributed by atoms with van der Waals surface area (Å²) in [6.45, 7) is 5.44. The first-order chi connectivity index (χ1) is 6.37. The Balaban J connectivity index is 2.50. The van der Waals surface area contributed by atoms with E-state index in [1.165, 1.54) is 0 Å². The van der Waals surface area contributed by atoms with Crippen LogP contribution in [0, 0.1) is 0 Å². The molecule has 78 valence electrons. The van der Waals surface area contributed by atoms with E-state index < -0.39 is 5.60 Å². The molecule has 1 rings (SSSR count). The van der Waals surface area contributed by atoms with Gasteiger partial charge in [-0.1, -0.05) is 0 Å². The second-order valence-corrected chi connectivity index (χ2v) is 4.60.